The van der Waals surface area contributed by atoms with Gasteiger partial charge < -0.3 is 0 Å². The molecule has 1 aliphatic carbocycles. The van der Waals surface area contributed by atoms with Crippen molar-refractivity contribution in [2.75, 3.05) is 0 Å². The van der Waals surface area contributed by atoms with Crippen LogP contribution in [0.5, 0.6) is 0 Å². The molecule has 0 heterocycles. The summed E-state index contributed by atoms with van der Waals surface area (Å²) in [5.74, 6) is 0. The van der Waals surface area contributed by atoms with Gasteiger partial charge in [0.2, 0.25) is 0 Å². The molecule has 0 aromatic heterocycles. The van der Waals surface area contributed by atoms with Gasteiger partial charge in [0.15, 0.2) is 0 Å². The molecule has 0 bridgehead atoms. The summed E-state index contributed by atoms with van der Waals surface area (Å²) in [7, 11) is 0. The Bertz CT molecular complexity index is 248. The third-order valence-corrected chi connectivity index (χ3v) is 3.17. The van der Waals surface area contributed by atoms with Crippen LogP contribution < -0.4 is 29.6 Å². The molecule has 0 amide bonds. The minimum absolute atomic E-state index is 0. The van der Waals surface area contributed by atoms with E-state index in [4.69, 9.17) is 0 Å². The van der Waals surface area contributed by atoms with E-state index >= 15 is 0 Å². The first-order chi connectivity index (χ1) is 5.51. The van der Waals surface area contributed by atoms with Crippen LogP contribution >= 0.6 is 0 Å². The Morgan fingerprint density at radius 1 is 1.23 bits per heavy atom. The molecule has 1 aliphatic rings. The molecule has 0 saturated carbocycles. The second-order valence-electron chi connectivity index (χ2n) is 4.08. The Labute approximate surface area is 105 Å². The van der Waals surface area contributed by atoms with Crippen LogP contribution in [0.25, 0.3) is 0 Å². The molecular weight excluding hydrogens is 167 g/mol. The van der Waals surface area contributed by atoms with E-state index < -0.39 is 0 Å². The molecule has 1 atom stereocenters. The van der Waals surface area contributed by atoms with Gasteiger partial charge in [0.05, 0.1) is 0 Å². The van der Waals surface area contributed by atoms with Crippen molar-refractivity contribution in [2.45, 2.75) is 47.5 Å². The Balaban J connectivity index is 0.00000144. The van der Waals surface area contributed by atoms with Crippen LogP contribution in [0.1, 0.15) is 47.5 Å². The van der Waals surface area contributed by atoms with Crippen LogP contribution in [0, 0.1) is 11.5 Å². The van der Waals surface area contributed by atoms with Gasteiger partial charge in [-0.25, -0.2) is 5.57 Å². The van der Waals surface area contributed by atoms with E-state index in [-0.39, 0.29) is 35.0 Å². The second kappa shape index (κ2) is 4.82. The summed E-state index contributed by atoms with van der Waals surface area (Å²) in [4.78, 5) is 0. The van der Waals surface area contributed by atoms with Crippen molar-refractivity contribution in [1.29, 1.82) is 0 Å². The van der Waals surface area contributed by atoms with Crippen LogP contribution in [0.3, 0.4) is 0 Å². The summed E-state index contributed by atoms with van der Waals surface area (Å²) < 4.78 is 0. The van der Waals surface area contributed by atoms with Gasteiger partial charge in [0.1, 0.15) is 0 Å². The second-order valence-corrected chi connectivity index (χ2v) is 4.08. The zero-order chi connectivity index (χ0) is 9.35. The molecular formula is C12H19Na. The van der Waals surface area contributed by atoms with E-state index in [1.807, 2.05) is 0 Å². The number of hydrogen-bond donors (Lipinski definition) is 0. The first kappa shape index (κ1) is 13.5. The molecule has 1 unspecified atom stereocenters. The minimum atomic E-state index is 0. The van der Waals surface area contributed by atoms with Crippen LogP contribution in [0.4, 0.5) is 0 Å². The Kier molecular flexibility index (Phi) is 4.99. The van der Waals surface area contributed by atoms with Gasteiger partial charge >= 0.3 is 29.6 Å². The monoisotopic (exact) mass is 186 g/mol. The first-order valence-corrected chi connectivity index (χ1v) is 4.81. The van der Waals surface area contributed by atoms with Crippen molar-refractivity contribution in [2.24, 2.45) is 5.41 Å². The molecule has 0 aromatic carbocycles. The summed E-state index contributed by atoms with van der Waals surface area (Å²) >= 11 is 0. The quantitative estimate of drug-likeness (QED) is 0.444. The molecule has 0 nitrogen and oxygen atoms in total. The average Bonchev–Trinajstić information content (AvgIpc) is 2.17. The smallest absolute Gasteiger partial charge is 0.263 e. The Morgan fingerprint density at radius 3 is 2.08 bits per heavy atom. The number of allylic oxidation sites excluding steroid dienone is 4. The fourth-order valence-electron chi connectivity index (χ4n) is 2.05. The van der Waals surface area contributed by atoms with Gasteiger partial charge in [0, 0.05) is 0 Å². The SMILES string of the molecule is CCCC1(C)[C-]=C(C)C(C)=C1C.[Na+]. The van der Waals surface area contributed by atoms with Gasteiger partial charge in [-0.05, 0) is 0 Å². The molecule has 0 N–H and O–H groups in total. The van der Waals surface area contributed by atoms with Gasteiger partial charge in [-0.2, -0.15) is 11.1 Å². The predicted octanol–water partition coefficient (Wildman–Crippen LogP) is 0.896. The maximum Gasteiger partial charge on any atom is 1.00 e. The van der Waals surface area contributed by atoms with Crippen LogP contribution in [-0.4, -0.2) is 0 Å². The van der Waals surface area contributed by atoms with Crippen LogP contribution in [-0.2, 0) is 0 Å². The molecule has 0 fully saturated rings. The number of hydrogen-bond acceptors (Lipinski definition) is 0. The first-order valence-electron chi connectivity index (χ1n) is 4.81. The normalized spacial score (nSPS) is 27.3. The van der Waals surface area contributed by atoms with E-state index in [0.29, 0.717) is 0 Å². The average molecular weight is 186 g/mol. The van der Waals surface area contributed by atoms with Crippen molar-refractivity contribution in [3.63, 3.8) is 0 Å². The van der Waals surface area contributed by atoms with E-state index in [0.717, 1.165) is 0 Å². The summed E-state index contributed by atoms with van der Waals surface area (Å²) in [6.45, 7) is 11.2. The summed E-state index contributed by atoms with van der Waals surface area (Å²) in [6.07, 6.45) is 6.04. The van der Waals surface area contributed by atoms with Crippen molar-refractivity contribution >= 4 is 0 Å². The predicted molar refractivity (Wildman–Crippen MR) is 53.8 cm³/mol. The third-order valence-electron chi connectivity index (χ3n) is 3.17. The van der Waals surface area contributed by atoms with Crippen molar-refractivity contribution in [1.82, 2.24) is 0 Å². The molecule has 0 aliphatic heterocycles. The van der Waals surface area contributed by atoms with Crippen LogP contribution in [0.15, 0.2) is 16.7 Å². The summed E-state index contributed by atoms with van der Waals surface area (Å²) in [6, 6.07) is 0. The molecule has 0 spiro atoms. The maximum absolute atomic E-state index is 3.57. The number of rotatable bonds is 2. The molecule has 68 valence electrons. The molecule has 1 heteroatoms. The van der Waals surface area contributed by atoms with Gasteiger partial charge in [-0.1, -0.05) is 46.0 Å². The van der Waals surface area contributed by atoms with Crippen molar-refractivity contribution in [3.8, 4) is 0 Å². The standard InChI is InChI=1S/C12H19.Na/c1-6-7-12(5)8-9(2)10(3)11(12)4;/h6-7H2,1-5H3;/q-1;+1. The van der Waals surface area contributed by atoms with E-state index in [2.05, 4.69) is 40.7 Å². The maximum atomic E-state index is 3.57. The zero-order valence-electron chi connectivity index (χ0n) is 9.91. The van der Waals surface area contributed by atoms with Crippen LogP contribution in [0.2, 0.25) is 0 Å². The summed E-state index contributed by atoms with van der Waals surface area (Å²) in [5, 5.41) is 0. The van der Waals surface area contributed by atoms with Crippen molar-refractivity contribution in [3.05, 3.63) is 22.8 Å². The summed E-state index contributed by atoms with van der Waals surface area (Å²) in [5.41, 5.74) is 4.55. The Hall–Kier alpha value is 0.480. The van der Waals surface area contributed by atoms with E-state index in [1.165, 1.54) is 29.6 Å². The largest absolute Gasteiger partial charge is 1.00 e. The Morgan fingerprint density at radius 2 is 1.77 bits per heavy atom. The fraction of sp³-hybridized carbons (Fsp3) is 0.667. The fourth-order valence-corrected chi connectivity index (χ4v) is 2.05. The van der Waals surface area contributed by atoms with Gasteiger partial charge in [-0.3, -0.25) is 6.08 Å². The minimum Gasteiger partial charge on any atom is -0.263 e. The van der Waals surface area contributed by atoms with Gasteiger partial charge in [-0.15, -0.1) is 6.92 Å². The molecule has 1 rings (SSSR count). The zero-order valence-corrected chi connectivity index (χ0v) is 11.9. The topological polar surface area (TPSA) is 0 Å². The van der Waals surface area contributed by atoms with Gasteiger partial charge in [0.25, 0.3) is 0 Å². The van der Waals surface area contributed by atoms with E-state index in [1.54, 1.807) is 0 Å². The molecule has 0 radical (unpaired) electrons. The van der Waals surface area contributed by atoms with Crippen molar-refractivity contribution < 1.29 is 29.6 Å². The molecule has 0 saturated heterocycles. The third kappa shape index (κ3) is 2.49. The molecule has 0 aromatic rings. The van der Waals surface area contributed by atoms with E-state index in [9.17, 15) is 0 Å². The molecule has 13 heavy (non-hydrogen) atoms.